The summed E-state index contributed by atoms with van der Waals surface area (Å²) in [6, 6.07) is 0.578. The number of aromatic nitrogens is 3. The molecule has 0 bridgehead atoms. The third-order valence-corrected chi connectivity index (χ3v) is 2.43. The van der Waals surface area contributed by atoms with Gasteiger partial charge >= 0.3 is 12.0 Å². The van der Waals surface area contributed by atoms with Gasteiger partial charge in [-0.25, -0.2) is 0 Å². The van der Waals surface area contributed by atoms with Crippen molar-refractivity contribution < 1.29 is 9.47 Å². The predicted octanol–water partition coefficient (Wildman–Crippen LogP) is 2.35. The second kappa shape index (κ2) is 6.83. The van der Waals surface area contributed by atoms with Gasteiger partial charge in [0.1, 0.15) is 5.82 Å². The van der Waals surface area contributed by atoms with Gasteiger partial charge in [0.2, 0.25) is 0 Å². The van der Waals surface area contributed by atoms with Gasteiger partial charge < -0.3 is 9.47 Å². The van der Waals surface area contributed by atoms with Crippen LogP contribution in [0.5, 0.6) is 12.0 Å². The lowest BCUT2D eigenvalue weighted by Crippen LogP contribution is -2.08. The monoisotopic (exact) mass is 237 g/mol. The molecule has 5 nitrogen and oxygen atoms in total. The van der Waals surface area contributed by atoms with E-state index in [-0.39, 0.29) is 17.9 Å². The Hall–Kier alpha value is -1.65. The zero-order valence-corrected chi connectivity index (χ0v) is 10.6. The number of ether oxygens (including phenoxy) is 2. The minimum absolute atomic E-state index is 0.239. The summed E-state index contributed by atoms with van der Waals surface area (Å²) in [6.07, 6.45) is 4.78. The normalized spacial score (nSPS) is 11.9. The number of nitrogens with zero attached hydrogens (tertiary/aromatic N) is 3. The zero-order chi connectivity index (χ0) is 12.7. The van der Waals surface area contributed by atoms with Crippen LogP contribution >= 0.6 is 0 Å². The Morgan fingerprint density at radius 1 is 1.18 bits per heavy atom. The minimum Gasteiger partial charge on any atom is -0.467 e. The molecule has 5 heteroatoms. The Kier molecular flexibility index (Phi) is 5.39. The molecule has 0 spiro atoms. The minimum atomic E-state index is 0.239. The average molecular weight is 237 g/mol. The molecule has 1 heterocycles. The van der Waals surface area contributed by atoms with E-state index >= 15 is 0 Å². The van der Waals surface area contributed by atoms with Crippen molar-refractivity contribution in [1.82, 2.24) is 15.0 Å². The van der Waals surface area contributed by atoms with Crippen LogP contribution in [0.25, 0.3) is 0 Å². The lowest BCUT2D eigenvalue weighted by atomic mass is 9.99. The average Bonchev–Trinajstić information content (AvgIpc) is 2.37. The summed E-state index contributed by atoms with van der Waals surface area (Å²) >= 11 is 0. The topological polar surface area (TPSA) is 57.1 Å². The maximum Gasteiger partial charge on any atom is 0.322 e. The van der Waals surface area contributed by atoms with Crippen LogP contribution in [-0.4, -0.2) is 29.2 Å². The van der Waals surface area contributed by atoms with E-state index in [1.165, 1.54) is 14.2 Å². The lowest BCUT2D eigenvalue weighted by molar-refractivity contribution is 0.333. The largest absolute Gasteiger partial charge is 0.467 e. The van der Waals surface area contributed by atoms with E-state index in [1.54, 1.807) is 0 Å². The van der Waals surface area contributed by atoms with Crippen LogP contribution in [0, 0.1) is 0 Å². The number of hydrogen-bond acceptors (Lipinski definition) is 5. The third kappa shape index (κ3) is 3.69. The molecule has 0 fully saturated rings. The predicted molar refractivity (Wildman–Crippen MR) is 65.4 cm³/mol. The van der Waals surface area contributed by atoms with Crippen LogP contribution in [0.2, 0.25) is 0 Å². The summed E-state index contributed by atoms with van der Waals surface area (Å²) in [6.45, 7) is 5.89. The molecule has 1 rings (SSSR count). The van der Waals surface area contributed by atoms with E-state index in [1.807, 2.05) is 6.08 Å². The second-order valence-corrected chi connectivity index (χ2v) is 3.68. The van der Waals surface area contributed by atoms with Gasteiger partial charge in [0, 0.05) is 5.92 Å². The molecule has 1 unspecified atom stereocenters. The summed E-state index contributed by atoms with van der Waals surface area (Å²) in [4.78, 5) is 12.5. The number of hydrogen-bond donors (Lipinski definition) is 0. The highest BCUT2D eigenvalue weighted by Crippen LogP contribution is 2.24. The van der Waals surface area contributed by atoms with Gasteiger partial charge in [0.05, 0.1) is 14.2 Å². The van der Waals surface area contributed by atoms with E-state index in [9.17, 15) is 0 Å². The van der Waals surface area contributed by atoms with Crippen molar-refractivity contribution in [2.45, 2.75) is 32.1 Å². The first kappa shape index (κ1) is 13.4. The van der Waals surface area contributed by atoms with Gasteiger partial charge in [-0.15, -0.1) is 11.6 Å². The Labute approximate surface area is 102 Å². The Balaban J connectivity index is 3.03. The van der Waals surface area contributed by atoms with E-state index in [4.69, 9.17) is 9.47 Å². The molecule has 0 aliphatic rings. The number of methoxy groups -OCH3 is 2. The number of rotatable bonds is 7. The van der Waals surface area contributed by atoms with Gasteiger partial charge in [-0.2, -0.15) is 9.97 Å². The molecule has 0 saturated carbocycles. The standard InChI is InChI=1S/C12H19N3O2/c1-5-7-9(8-6-2)10-13-11(16-3)15-12(14-10)17-4/h5,9H,1,6-8H2,2-4H3. The molecule has 0 aliphatic heterocycles. The van der Waals surface area contributed by atoms with E-state index in [0.29, 0.717) is 5.82 Å². The van der Waals surface area contributed by atoms with E-state index in [2.05, 4.69) is 28.5 Å². The van der Waals surface area contributed by atoms with E-state index < -0.39 is 0 Å². The highest BCUT2D eigenvalue weighted by Gasteiger charge is 2.16. The molecular weight excluding hydrogens is 218 g/mol. The highest BCUT2D eigenvalue weighted by atomic mass is 16.5. The molecule has 1 aromatic heterocycles. The second-order valence-electron chi connectivity index (χ2n) is 3.68. The maximum atomic E-state index is 5.04. The molecule has 0 N–H and O–H groups in total. The summed E-state index contributed by atoms with van der Waals surface area (Å²) in [7, 11) is 3.06. The molecule has 0 radical (unpaired) electrons. The fourth-order valence-corrected chi connectivity index (χ4v) is 1.62. The first-order chi connectivity index (χ1) is 8.24. The summed E-state index contributed by atoms with van der Waals surface area (Å²) in [5, 5.41) is 0. The summed E-state index contributed by atoms with van der Waals surface area (Å²) < 4.78 is 10.1. The lowest BCUT2D eigenvalue weighted by Gasteiger charge is -2.13. The first-order valence-corrected chi connectivity index (χ1v) is 5.70. The van der Waals surface area contributed by atoms with Gasteiger partial charge in [-0.05, 0) is 12.8 Å². The Morgan fingerprint density at radius 2 is 1.76 bits per heavy atom. The van der Waals surface area contributed by atoms with Crippen LogP contribution in [-0.2, 0) is 0 Å². The molecular formula is C12H19N3O2. The van der Waals surface area contributed by atoms with Crippen LogP contribution in [0.3, 0.4) is 0 Å². The van der Waals surface area contributed by atoms with Crippen molar-refractivity contribution in [2.75, 3.05) is 14.2 Å². The SMILES string of the molecule is C=CCC(CCC)c1nc(OC)nc(OC)n1. The van der Waals surface area contributed by atoms with E-state index in [0.717, 1.165) is 19.3 Å². The highest BCUT2D eigenvalue weighted by molar-refractivity contribution is 5.09. The Morgan fingerprint density at radius 3 is 2.18 bits per heavy atom. The third-order valence-electron chi connectivity index (χ3n) is 2.43. The maximum absolute atomic E-state index is 5.04. The zero-order valence-electron chi connectivity index (χ0n) is 10.6. The van der Waals surface area contributed by atoms with Crippen molar-refractivity contribution in [3.8, 4) is 12.0 Å². The van der Waals surface area contributed by atoms with Crippen molar-refractivity contribution in [2.24, 2.45) is 0 Å². The molecule has 17 heavy (non-hydrogen) atoms. The van der Waals surface area contributed by atoms with Crippen LogP contribution in [0.1, 0.15) is 37.9 Å². The fourth-order valence-electron chi connectivity index (χ4n) is 1.62. The molecule has 0 aliphatic carbocycles. The smallest absolute Gasteiger partial charge is 0.322 e. The molecule has 94 valence electrons. The van der Waals surface area contributed by atoms with Gasteiger partial charge in [-0.3, -0.25) is 0 Å². The van der Waals surface area contributed by atoms with Crippen LogP contribution in [0.15, 0.2) is 12.7 Å². The first-order valence-electron chi connectivity index (χ1n) is 5.70. The molecule has 1 atom stereocenters. The Bertz CT molecular complexity index is 347. The number of allylic oxidation sites excluding steroid dienone is 1. The molecule has 0 amide bonds. The van der Waals surface area contributed by atoms with Crippen molar-refractivity contribution in [3.05, 3.63) is 18.5 Å². The fraction of sp³-hybridized carbons (Fsp3) is 0.583. The van der Waals surface area contributed by atoms with Gasteiger partial charge in [0.15, 0.2) is 0 Å². The van der Waals surface area contributed by atoms with Crippen LogP contribution in [0.4, 0.5) is 0 Å². The van der Waals surface area contributed by atoms with Crippen LogP contribution < -0.4 is 9.47 Å². The van der Waals surface area contributed by atoms with Gasteiger partial charge in [0.25, 0.3) is 0 Å². The quantitative estimate of drug-likeness (QED) is 0.681. The summed E-state index contributed by atoms with van der Waals surface area (Å²) in [5.41, 5.74) is 0. The molecule has 0 aromatic carbocycles. The van der Waals surface area contributed by atoms with Crippen molar-refractivity contribution >= 4 is 0 Å². The van der Waals surface area contributed by atoms with Gasteiger partial charge in [-0.1, -0.05) is 19.4 Å². The van der Waals surface area contributed by atoms with Crippen molar-refractivity contribution in [1.29, 1.82) is 0 Å². The molecule has 1 aromatic rings. The summed E-state index contributed by atoms with van der Waals surface area (Å²) in [5.74, 6) is 0.943. The molecule has 0 saturated heterocycles. The van der Waals surface area contributed by atoms with Crippen molar-refractivity contribution in [3.63, 3.8) is 0 Å².